The first kappa shape index (κ1) is 17.6. The third-order valence-corrected chi connectivity index (χ3v) is 3.61. The van der Waals surface area contributed by atoms with Gasteiger partial charge in [0.1, 0.15) is 18.3 Å². The van der Waals surface area contributed by atoms with Crippen molar-refractivity contribution < 1.29 is 34.4 Å². The van der Waals surface area contributed by atoms with E-state index in [1.807, 2.05) is 6.92 Å². The number of aliphatic hydroxyl groups excluding tert-OH is 3. The third-order valence-electron chi connectivity index (χ3n) is 3.61. The molecule has 2 aliphatic rings. The van der Waals surface area contributed by atoms with Gasteiger partial charge in [-0.15, -0.1) is 0 Å². The first-order valence-electron chi connectivity index (χ1n) is 7.22. The highest BCUT2D eigenvalue weighted by molar-refractivity contribution is 5.90. The van der Waals surface area contributed by atoms with Gasteiger partial charge >= 0.3 is 12.0 Å². The summed E-state index contributed by atoms with van der Waals surface area (Å²) >= 11 is 0. The van der Waals surface area contributed by atoms with Crippen molar-refractivity contribution in [2.45, 2.75) is 43.5 Å². The molecular formula is C13H21N3O7. The highest BCUT2D eigenvalue weighted by Crippen LogP contribution is 2.26. The summed E-state index contributed by atoms with van der Waals surface area (Å²) in [5.41, 5.74) is 3.98. The number of ether oxygens (including phenoxy) is 2. The zero-order chi connectivity index (χ0) is 17.2. The topological polar surface area (TPSA) is 155 Å². The molecule has 2 rings (SSSR count). The summed E-state index contributed by atoms with van der Waals surface area (Å²) in [7, 11) is 0. The van der Waals surface area contributed by atoms with Crippen LogP contribution in [0, 0.1) is 0 Å². The number of aliphatic hydroxyl groups is 3. The van der Waals surface area contributed by atoms with Crippen molar-refractivity contribution in [3.05, 3.63) is 12.3 Å². The van der Waals surface area contributed by atoms with Crippen molar-refractivity contribution in [2.24, 2.45) is 5.73 Å². The van der Waals surface area contributed by atoms with Gasteiger partial charge in [0, 0.05) is 6.20 Å². The van der Waals surface area contributed by atoms with Crippen molar-refractivity contribution >= 4 is 12.0 Å². The Morgan fingerprint density at radius 2 is 2.22 bits per heavy atom. The number of nitrogens with two attached hydrogens (primary N) is 1. The first-order chi connectivity index (χ1) is 10.8. The SMILES string of the molecule is CCCOC(=O)C1(N)C=CN([C@@H]2O[C@H](CO)[C@@H](O)[C@H]2O)C(=O)N1. The van der Waals surface area contributed by atoms with E-state index in [1.54, 1.807) is 0 Å². The van der Waals surface area contributed by atoms with E-state index >= 15 is 0 Å². The van der Waals surface area contributed by atoms with Gasteiger partial charge in [-0.1, -0.05) is 6.92 Å². The summed E-state index contributed by atoms with van der Waals surface area (Å²) in [6.45, 7) is 1.47. The average molecular weight is 331 g/mol. The van der Waals surface area contributed by atoms with E-state index in [4.69, 9.17) is 20.3 Å². The van der Waals surface area contributed by atoms with Crippen LogP contribution in [-0.2, 0) is 14.3 Å². The van der Waals surface area contributed by atoms with E-state index in [9.17, 15) is 19.8 Å². The molecule has 0 aliphatic carbocycles. The van der Waals surface area contributed by atoms with Gasteiger partial charge in [0.15, 0.2) is 6.23 Å². The largest absolute Gasteiger partial charge is 0.463 e. The van der Waals surface area contributed by atoms with Crippen LogP contribution in [-0.4, -0.2) is 75.6 Å². The molecule has 1 unspecified atom stereocenters. The Kier molecular flexibility index (Phi) is 5.22. The smallest absolute Gasteiger partial charge is 0.351 e. The third kappa shape index (κ3) is 3.31. The lowest BCUT2D eigenvalue weighted by molar-refractivity contribution is -0.149. The number of nitrogens with one attached hydrogen (secondary N) is 1. The monoisotopic (exact) mass is 331 g/mol. The van der Waals surface area contributed by atoms with Crippen molar-refractivity contribution in [3.63, 3.8) is 0 Å². The lowest BCUT2D eigenvalue weighted by atomic mass is 10.1. The maximum absolute atomic E-state index is 12.2. The Hall–Kier alpha value is -1.72. The fourth-order valence-electron chi connectivity index (χ4n) is 2.29. The second-order valence-electron chi connectivity index (χ2n) is 5.39. The van der Waals surface area contributed by atoms with Gasteiger partial charge in [0.05, 0.1) is 13.2 Å². The normalized spacial score (nSPS) is 36.9. The van der Waals surface area contributed by atoms with Gasteiger partial charge in [-0.25, -0.2) is 9.59 Å². The van der Waals surface area contributed by atoms with Crippen molar-refractivity contribution in [1.82, 2.24) is 10.2 Å². The number of carbonyl (C=O) groups is 2. The summed E-state index contributed by atoms with van der Waals surface area (Å²) in [5.74, 6) is -0.815. The van der Waals surface area contributed by atoms with E-state index in [1.165, 1.54) is 12.3 Å². The van der Waals surface area contributed by atoms with Crippen LogP contribution in [0.25, 0.3) is 0 Å². The number of amides is 2. The number of esters is 1. The summed E-state index contributed by atoms with van der Waals surface area (Å²) in [4.78, 5) is 25.0. The van der Waals surface area contributed by atoms with Crippen LogP contribution in [0.1, 0.15) is 13.3 Å². The van der Waals surface area contributed by atoms with Crippen LogP contribution in [0.3, 0.4) is 0 Å². The molecule has 1 fully saturated rings. The van der Waals surface area contributed by atoms with E-state index < -0.39 is 48.8 Å². The molecule has 6 N–H and O–H groups in total. The van der Waals surface area contributed by atoms with Crippen LogP contribution in [0.15, 0.2) is 12.3 Å². The molecule has 0 aromatic rings. The van der Waals surface area contributed by atoms with Gasteiger partial charge in [-0.2, -0.15) is 0 Å². The fourth-order valence-corrected chi connectivity index (χ4v) is 2.29. The zero-order valence-corrected chi connectivity index (χ0v) is 12.6. The first-order valence-corrected chi connectivity index (χ1v) is 7.22. The molecular weight excluding hydrogens is 310 g/mol. The number of urea groups is 1. The molecule has 23 heavy (non-hydrogen) atoms. The van der Waals surface area contributed by atoms with Gasteiger partial charge in [0.2, 0.25) is 5.66 Å². The van der Waals surface area contributed by atoms with Crippen LogP contribution >= 0.6 is 0 Å². The molecule has 0 aromatic carbocycles. The van der Waals surface area contributed by atoms with E-state index in [2.05, 4.69) is 5.32 Å². The molecule has 2 heterocycles. The number of hydrogen-bond donors (Lipinski definition) is 5. The molecule has 0 saturated carbocycles. The quantitative estimate of drug-likeness (QED) is 0.348. The van der Waals surface area contributed by atoms with Gasteiger partial charge in [-0.05, 0) is 12.5 Å². The van der Waals surface area contributed by atoms with Crippen LogP contribution < -0.4 is 11.1 Å². The zero-order valence-electron chi connectivity index (χ0n) is 12.6. The summed E-state index contributed by atoms with van der Waals surface area (Å²) in [6.07, 6.45) is -2.02. The van der Waals surface area contributed by atoms with Crippen LogP contribution in [0.2, 0.25) is 0 Å². The molecule has 1 saturated heterocycles. The summed E-state index contributed by atoms with van der Waals surface area (Å²) in [5, 5.41) is 31.0. The predicted molar refractivity (Wildman–Crippen MR) is 75.4 cm³/mol. The number of hydrogen-bond acceptors (Lipinski definition) is 8. The average Bonchev–Trinajstić information content (AvgIpc) is 2.80. The minimum absolute atomic E-state index is 0.167. The highest BCUT2D eigenvalue weighted by atomic mass is 16.6. The van der Waals surface area contributed by atoms with E-state index in [0.29, 0.717) is 6.42 Å². The van der Waals surface area contributed by atoms with Crippen molar-refractivity contribution in [2.75, 3.05) is 13.2 Å². The Labute approximate surface area is 132 Å². The van der Waals surface area contributed by atoms with Gasteiger partial charge in [-0.3, -0.25) is 10.6 Å². The second kappa shape index (κ2) is 6.81. The van der Waals surface area contributed by atoms with Gasteiger partial charge in [0.25, 0.3) is 0 Å². The standard InChI is InChI=1S/C13H21N3O7/c1-2-5-22-11(20)13(14)3-4-16(12(21)15-13)10-9(19)8(18)7(6-17)23-10/h3-4,7-10,17-19H,2,5-6,14H2,1H3,(H,15,21)/t7-,8-,9-,10-,13?/m1/s1. The lowest BCUT2D eigenvalue weighted by Gasteiger charge is -2.36. The lowest BCUT2D eigenvalue weighted by Crippen LogP contribution is -2.66. The summed E-state index contributed by atoms with van der Waals surface area (Å²) < 4.78 is 10.2. The minimum atomic E-state index is -1.82. The predicted octanol–water partition coefficient (Wildman–Crippen LogP) is -2.43. The minimum Gasteiger partial charge on any atom is -0.463 e. The molecule has 5 atom stereocenters. The van der Waals surface area contributed by atoms with Crippen LogP contribution in [0.4, 0.5) is 4.79 Å². The Bertz CT molecular complexity index is 500. The Morgan fingerprint density at radius 1 is 1.52 bits per heavy atom. The number of carbonyl (C=O) groups excluding carboxylic acids is 2. The second-order valence-corrected chi connectivity index (χ2v) is 5.39. The molecule has 2 amide bonds. The maximum atomic E-state index is 12.2. The maximum Gasteiger partial charge on any atom is 0.351 e. The molecule has 2 aliphatic heterocycles. The molecule has 0 spiro atoms. The number of nitrogens with zero attached hydrogens (tertiary/aromatic N) is 1. The van der Waals surface area contributed by atoms with E-state index in [0.717, 1.165) is 4.90 Å². The Morgan fingerprint density at radius 3 is 2.74 bits per heavy atom. The van der Waals surface area contributed by atoms with Crippen molar-refractivity contribution in [1.29, 1.82) is 0 Å². The van der Waals surface area contributed by atoms with Crippen molar-refractivity contribution in [3.8, 4) is 0 Å². The fraction of sp³-hybridized carbons (Fsp3) is 0.692. The molecule has 0 aromatic heterocycles. The molecule has 130 valence electrons. The van der Waals surface area contributed by atoms with Crippen LogP contribution in [0.5, 0.6) is 0 Å². The van der Waals surface area contributed by atoms with Gasteiger partial charge < -0.3 is 30.1 Å². The highest BCUT2D eigenvalue weighted by Gasteiger charge is 2.49. The van der Waals surface area contributed by atoms with E-state index in [-0.39, 0.29) is 6.61 Å². The molecule has 0 bridgehead atoms. The Balaban J connectivity index is 2.12. The molecule has 0 radical (unpaired) electrons. The molecule has 10 nitrogen and oxygen atoms in total. The number of rotatable bonds is 5. The summed E-state index contributed by atoms with van der Waals surface area (Å²) in [6, 6.07) is -0.807. The molecule has 10 heteroatoms.